The summed E-state index contributed by atoms with van der Waals surface area (Å²) in [6, 6.07) is 0. The van der Waals surface area contributed by atoms with E-state index in [2.05, 4.69) is 39.8 Å². The first-order valence-electron chi connectivity index (χ1n) is 40.9. The number of esters is 4. The van der Waals surface area contributed by atoms with E-state index >= 15 is 0 Å². The molecule has 0 saturated carbocycles. The molecule has 0 spiro atoms. The van der Waals surface area contributed by atoms with Crippen LogP contribution in [0, 0.1) is 0 Å². The molecular weight excluding hydrogens is 1280 g/mol. The molecule has 5 atom stereocenters. The van der Waals surface area contributed by atoms with E-state index in [0.29, 0.717) is 25.7 Å². The van der Waals surface area contributed by atoms with Gasteiger partial charge in [-0.15, -0.1) is 0 Å². The van der Waals surface area contributed by atoms with Crippen molar-refractivity contribution in [3.63, 3.8) is 0 Å². The van der Waals surface area contributed by atoms with Gasteiger partial charge in [0.1, 0.15) is 19.3 Å². The number of aliphatic hydroxyl groups is 1. The number of carbonyl (C=O) groups is 4. The molecule has 0 rings (SSSR count). The SMILES string of the molecule is CCCCCCCC/C=C\CCCCCCCC(=O)OC[C@H](COP(=O)(O)OC[C@H](O)COP(=O)(O)OC[C@@H](COC(=O)CCCCCCCCCCCCCCC)OC(=O)CCCCCCCCCCCCCCC)OC(=O)CCCCCCCCCCCCCCCCCCC. The number of rotatable bonds is 79. The minimum Gasteiger partial charge on any atom is -0.462 e. The van der Waals surface area contributed by atoms with Crippen LogP contribution in [0.5, 0.6) is 0 Å². The molecule has 17 nitrogen and oxygen atoms in total. The predicted molar refractivity (Wildman–Crippen MR) is 400 cm³/mol. The fourth-order valence-electron chi connectivity index (χ4n) is 12.0. The van der Waals surface area contributed by atoms with Crippen LogP contribution in [0.4, 0.5) is 0 Å². The van der Waals surface area contributed by atoms with Gasteiger partial charge in [-0.25, -0.2) is 9.13 Å². The Morgan fingerprint density at radius 1 is 0.276 bits per heavy atom. The number of unbranched alkanes of at least 4 members (excludes halogenated alkanes) is 51. The quantitative estimate of drug-likeness (QED) is 0.0169. The molecule has 0 saturated heterocycles. The molecule has 2 unspecified atom stereocenters. The van der Waals surface area contributed by atoms with Crippen LogP contribution < -0.4 is 0 Å². The lowest BCUT2D eigenvalue weighted by atomic mass is 10.0. The number of ether oxygens (including phenoxy) is 4. The smallest absolute Gasteiger partial charge is 0.462 e. The molecular formula is C79H152O17P2. The summed E-state index contributed by atoms with van der Waals surface area (Å²) >= 11 is 0. The van der Waals surface area contributed by atoms with E-state index in [-0.39, 0.29) is 25.7 Å². The van der Waals surface area contributed by atoms with E-state index < -0.39 is 97.5 Å². The monoisotopic (exact) mass is 1440 g/mol. The number of phosphoric ester groups is 2. The zero-order valence-corrected chi connectivity index (χ0v) is 65.3. The molecule has 0 bridgehead atoms. The molecule has 3 N–H and O–H groups in total. The van der Waals surface area contributed by atoms with Crippen molar-refractivity contribution in [3.05, 3.63) is 12.2 Å². The van der Waals surface area contributed by atoms with Crippen LogP contribution in [0.1, 0.15) is 413 Å². The maximum atomic E-state index is 13.1. The largest absolute Gasteiger partial charge is 0.472 e. The molecule has 0 aromatic rings. The Morgan fingerprint density at radius 3 is 0.704 bits per heavy atom. The molecule has 0 fully saturated rings. The molecule has 0 heterocycles. The maximum Gasteiger partial charge on any atom is 0.472 e. The van der Waals surface area contributed by atoms with E-state index in [1.54, 1.807) is 0 Å². The summed E-state index contributed by atoms with van der Waals surface area (Å²) in [6.07, 6.45) is 66.1. The second kappa shape index (κ2) is 73.1. The van der Waals surface area contributed by atoms with E-state index in [1.807, 2.05) is 0 Å². The van der Waals surface area contributed by atoms with Gasteiger partial charge in [0.2, 0.25) is 0 Å². The summed E-state index contributed by atoms with van der Waals surface area (Å²) in [5.74, 6) is -2.12. The molecule has 0 radical (unpaired) electrons. The average Bonchev–Trinajstić information content (AvgIpc) is 1.14. The Hall–Kier alpha value is -2.20. The predicted octanol–water partition coefficient (Wildman–Crippen LogP) is 23.6. The van der Waals surface area contributed by atoms with Crippen molar-refractivity contribution in [2.24, 2.45) is 0 Å². The van der Waals surface area contributed by atoms with Crippen LogP contribution in [-0.2, 0) is 65.4 Å². The van der Waals surface area contributed by atoms with Crippen LogP contribution in [0.15, 0.2) is 12.2 Å². The molecule has 0 amide bonds. The Bertz CT molecular complexity index is 1910. The van der Waals surface area contributed by atoms with E-state index in [1.165, 1.54) is 225 Å². The second-order valence-electron chi connectivity index (χ2n) is 28.1. The standard InChI is InChI=1S/C79H152O17P2/c1-5-9-13-17-21-25-29-33-35-36-38-42-46-50-54-58-62-66-79(84)96-75(70-90-77(82)64-60-56-52-48-44-41-37-34-30-26-22-18-14-10-6-2)72-94-98(87,88)92-68-73(80)67-91-97(85,86)93-71-74(95-78(83)65-61-57-53-49-45-40-32-28-24-20-16-12-8-4)69-89-76(81)63-59-55-51-47-43-39-31-27-23-19-15-11-7-3/h34,37,73-75,80H,5-33,35-36,38-72H2,1-4H3,(H,85,86)(H,87,88)/b37-34-/t73-,74-,75-/m1/s1. The van der Waals surface area contributed by atoms with Gasteiger partial charge < -0.3 is 33.8 Å². The van der Waals surface area contributed by atoms with E-state index in [4.69, 9.17) is 37.0 Å². The molecule has 19 heteroatoms. The minimum atomic E-state index is -4.96. The van der Waals surface area contributed by atoms with Crippen molar-refractivity contribution in [3.8, 4) is 0 Å². The highest BCUT2D eigenvalue weighted by molar-refractivity contribution is 7.47. The minimum absolute atomic E-state index is 0.105. The third-order valence-electron chi connectivity index (χ3n) is 18.3. The maximum absolute atomic E-state index is 13.1. The highest BCUT2D eigenvalue weighted by Gasteiger charge is 2.30. The summed E-state index contributed by atoms with van der Waals surface area (Å²) in [5, 5.41) is 10.6. The number of hydrogen-bond acceptors (Lipinski definition) is 15. The first-order chi connectivity index (χ1) is 47.7. The molecule has 98 heavy (non-hydrogen) atoms. The van der Waals surface area contributed by atoms with Gasteiger partial charge in [0, 0.05) is 25.7 Å². The van der Waals surface area contributed by atoms with Crippen LogP contribution in [0.2, 0.25) is 0 Å². The topological polar surface area (TPSA) is 237 Å². The lowest BCUT2D eigenvalue weighted by Gasteiger charge is -2.21. The summed E-state index contributed by atoms with van der Waals surface area (Å²) < 4.78 is 68.7. The fraction of sp³-hybridized carbons (Fsp3) is 0.924. The van der Waals surface area contributed by atoms with Crippen molar-refractivity contribution in [1.82, 2.24) is 0 Å². The summed E-state index contributed by atoms with van der Waals surface area (Å²) in [5.41, 5.74) is 0. The number of carbonyl (C=O) groups excluding carboxylic acids is 4. The van der Waals surface area contributed by atoms with Crippen LogP contribution >= 0.6 is 15.6 Å². The Kier molecular flexibility index (Phi) is 71.5. The third kappa shape index (κ3) is 72.2. The Balaban J connectivity index is 5.28. The van der Waals surface area contributed by atoms with Crippen molar-refractivity contribution in [2.75, 3.05) is 39.6 Å². The van der Waals surface area contributed by atoms with Gasteiger partial charge in [-0.3, -0.25) is 37.3 Å². The lowest BCUT2D eigenvalue weighted by Crippen LogP contribution is -2.30. The fourth-order valence-corrected chi connectivity index (χ4v) is 13.6. The van der Waals surface area contributed by atoms with Gasteiger partial charge in [0.25, 0.3) is 0 Å². The molecule has 0 aromatic carbocycles. The summed E-state index contributed by atoms with van der Waals surface area (Å²) in [6.45, 7) is 4.99. The van der Waals surface area contributed by atoms with E-state index in [0.717, 1.165) is 109 Å². The first kappa shape index (κ1) is 95.8. The normalized spacial score (nSPS) is 13.9. The summed E-state index contributed by atoms with van der Waals surface area (Å²) in [7, 11) is -9.92. The number of hydrogen-bond donors (Lipinski definition) is 3. The highest BCUT2D eigenvalue weighted by Crippen LogP contribution is 2.45. The van der Waals surface area contributed by atoms with Crippen molar-refractivity contribution < 1.29 is 80.2 Å². The number of allylic oxidation sites excluding steroid dienone is 2. The van der Waals surface area contributed by atoms with Gasteiger partial charge in [0.05, 0.1) is 26.4 Å². The van der Waals surface area contributed by atoms with Gasteiger partial charge in [0.15, 0.2) is 12.2 Å². The number of phosphoric acid groups is 2. The van der Waals surface area contributed by atoms with Crippen molar-refractivity contribution in [1.29, 1.82) is 0 Å². The molecule has 0 aromatic heterocycles. The Morgan fingerprint density at radius 2 is 0.469 bits per heavy atom. The van der Waals surface area contributed by atoms with Crippen LogP contribution in [0.25, 0.3) is 0 Å². The molecule has 0 aliphatic rings. The zero-order valence-electron chi connectivity index (χ0n) is 63.5. The molecule has 0 aliphatic heterocycles. The van der Waals surface area contributed by atoms with Gasteiger partial charge >= 0.3 is 39.5 Å². The average molecular weight is 1440 g/mol. The second-order valence-corrected chi connectivity index (χ2v) is 31.0. The first-order valence-corrected chi connectivity index (χ1v) is 43.9. The third-order valence-corrected chi connectivity index (χ3v) is 20.2. The van der Waals surface area contributed by atoms with Crippen LogP contribution in [0.3, 0.4) is 0 Å². The van der Waals surface area contributed by atoms with Crippen molar-refractivity contribution in [2.45, 2.75) is 431 Å². The van der Waals surface area contributed by atoms with Gasteiger partial charge in [-0.05, 0) is 51.4 Å². The summed E-state index contributed by atoms with van der Waals surface area (Å²) in [4.78, 5) is 73.0. The Labute approximate surface area is 600 Å². The highest BCUT2D eigenvalue weighted by atomic mass is 31.2. The van der Waals surface area contributed by atoms with E-state index in [9.17, 15) is 43.2 Å². The molecule has 0 aliphatic carbocycles. The van der Waals surface area contributed by atoms with Crippen molar-refractivity contribution >= 4 is 39.5 Å². The van der Waals surface area contributed by atoms with Crippen LogP contribution in [-0.4, -0.2) is 96.7 Å². The molecule has 580 valence electrons. The lowest BCUT2D eigenvalue weighted by molar-refractivity contribution is -0.161. The van der Waals surface area contributed by atoms with Gasteiger partial charge in [-0.2, -0.15) is 0 Å². The zero-order chi connectivity index (χ0) is 71.8. The number of aliphatic hydroxyl groups excluding tert-OH is 1. The van der Waals surface area contributed by atoms with Gasteiger partial charge in [-0.1, -0.05) is 348 Å².